The first-order chi connectivity index (χ1) is 10.6. The minimum absolute atomic E-state index is 0.0326. The number of rotatable bonds is 7. The molecule has 7 heteroatoms. The van der Waals surface area contributed by atoms with Gasteiger partial charge < -0.3 is 4.74 Å². The molecule has 0 bridgehead atoms. The van der Waals surface area contributed by atoms with Gasteiger partial charge in [-0.1, -0.05) is 94.1 Å². The summed E-state index contributed by atoms with van der Waals surface area (Å²) in [6.07, 6.45) is 0.377. The van der Waals surface area contributed by atoms with Crippen LogP contribution in [0.1, 0.15) is 37.0 Å². The van der Waals surface area contributed by atoms with Crippen molar-refractivity contribution >= 4 is 75.5 Å². The SMILES string of the molecule is CC(C)OC(=O)CC(C(=O)c1ccccc1)C(Br)CC(Br)(Br)Br. The lowest BCUT2D eigenvalue weighted by molar-refractivity contribution is -0.148. The molecule has 0 fully saturated rings. The fourth-order valence-corrected chi connectivity index (χ4v) is 5.32. The summed E-state index contributed by atoms with van der Waals surface area (Å²) in [4.78, 5) is 24.6. The molecule has 2 unspecified atom stereocenters. The number of carbonyl (C=O) groups is 2. The Kier molecular flexibility index (Phi) is 8.98. The Morgan fingerprint density at radius 3 is 2.17 bits per heavy atom. The molecule has 0 saturated carbocycles. The summed E-state index contributed by atoms with van der Waals surface area (Å²) in [6, 6.07) is 8.98. The molecule has 0 radical (unpaired) electrons. The maximum Gasteiger partial charge on any atom is 0.306 e. The molecule has 1 aromatic rings. The Hall–Kier alpha value is 0.280. The molecule has 3 nitrogen and oxygen atoms in total. The maximum absolute atomic E-state index is 12.8. The van der Waals surface area contributed by atoms with Crippen LogP contribution in [-0.4, -0.2) is 24.8 Å². The van der Waals surface area contributed by atoms with E-state index in [4.69, 9.17) is 4.74 Å². The highest BCUT2D eigenvalue weighted by molar-refractivity contribution is 9.39. The predicted octanol–water partition coefficient (Wildman–Crippen LogP) is 5.82. The molecule has 0 saturated heterocycles. The van der Waals surface area contributed by atoms with Crippen LogP contribution in [0.3, 0.4) is 0 Å². The predicted molar refractivity (Wildman–Crippen MR) is 107 cm³/mol. The van der Waals surface area contributed by atoms with Crippen LogP contribution in [0.2, 0.25) is 0 Å². The van der Waals surface area contributed by atoms with Crippen molar-refractivity contribution in [3.63, 3.8) is 0 Å². The van der Waals surface area contributed by atoms with Gasteiger partial charge in [-0.25, -0.2) is 0 Å². The number of Topliss-reactive ketones (excluding diaryl/α,β-unsaturated/α-hetero) is 1. The van der Waals surface area contributed by atoms with E-state index in [-0.39, 0.29) is 29.1 Å². The average molecular weight is 578 g/mol. The summed E-state index contributed by atoms with van der Waals surface area (Å²) in [6.45, 7) is 3.58. The van der Waals surface area contributed by atoms with Gasteiger partial charge in [-0.15, -0.1) is 0 Å². The van der Waals surface area contributed by atoms with Crippen LogP contribution in [0.15, 0.2) is 30.3 Å². The van der Waals surface area contributed by atoms with Gasteiger partial charge in [-0.2, -0.15) is 0 Å². The van der Waals surface area contributed by atoms with E-state index in [1.54, 1.807) is 26.0 Å². The number of alkyl halides is 4. The molecule has 0 aliphatic carbocycles. The standard InChI is InChI=1S/C16H18Br4O3/c1-10(2)23-14(21)8-12(13(17)9-16(18,19)20)15(22)11-6-4-3-5-7-11/h3-7,10,12-13H,8-9H2,1-2H3. The van der Waals surface area contributed by atoms with Crippen molar-refractivity contribution in [2.75, 3.05) is 0 Å². The Morgan fingerprint density at radius 2 is 1.70 bits per heavy atom. The second-order valence-corrected chi connectivity index (χ2v) is 13.8. The monoisotopic (exact) mass is 574 g/mol. The lowest BCUT2D eigenvalue weighted by atomic mass is 9.90. The van der Waals surface area contributed by atoms with Crippen molar-refractivity contribution in [3.8, 4) is 0 Å². The number of esters is 1. The van der Waals surface area contributed by atoms with Gasteiger partial charge in [0.05, 0.1) is 12.5 Å². The van der Waals surface area contributed by atoms with E-state index in [0.29, 0.717) is 12.0 Å². The number of carbonyl (C=O) groups excluding carboxylic acids is 2. The van der Waals surface area contributed by atoms with Crippen LogP contribution >= 0.6 is 63.7 Å². The minimum Gasteiger partial charge on any atom is -0.463 e. The molecule has 2 atom stereocenters. The summed E-state index contributed by atoms with van der Waals surface area (Å²) in [5.41, 5.74) is 0.587. The first kappa shape index (κ1) is 21.3. The summed E-state index contributed by atoms with van der Waals surface area (Å²) < 4.78 is 4.70. The van der Waals surface area contributed by atoms with Crippen molar-refractivity contribution in [1.82, 2.24) is 0 Å². The number of halogens is 4. The lowest BCUT2D eigenvalue weighted by Gasteiger charge is -2.24. The second-order valence-electron chi connectivity index (χ2n) is 5.41. The molecule has 0 aliphatic rings. The normalized spacial score (nSPS) is 14.4. The third-order valence-corrected chi connectivity index (χ3v) is 4.94. The third kappa shape index (κ3) is 8.27. The van der Waals surface area contributed by atoms with E-state index in [2.05, 4.69) is 63.7 Å². The van der Waals surface area contributed by atoms with Gasteiger partial charge >= 0.3 is 5.97 Å². The van der Waals surface area contributed by atoms with E-state index in [1.165, 1.54) is 0 Å². The Morgan fingerprint density at radius 1 is 1.13 bits per heavy atom. The zero-order valence-electron chi connectivity index (χ0n) is 12.8. The van der Waals surface area contributed by atoms with Crippen molar-refractivity contribution < 1.29 is 14.3 Å². The zero-order valence-corrected chi connectivity index (χ0v) is 19.1. The van der Waals surface area contributed by atoms with Crippen LogP contribution < -0.4 is 0 Å². The number of hydrogen-bond donors (Lipinski definition) is 0. The summed E-state index contributed by atoms with van der Waals surface area (Å²) in [5, 5.41) is 0. The Balaban J connectivity index is 2.96. The van der Waals surface area contributed by atoms with Crippen LogP contribution in [0.4, 0.5) is 0 Å². The minimum atomic E-state index is -0.518. The fraction of sp³-hybridized carbons (Fsp3) is 0.500. The van der Waals surface area contributed by atoms with E-state index >= 15 is 0 Å². The number of ether oxygens (including phenoxy) is 1. The third-order valence-electron chi connectivity index (χ3n) is 3.01. The lowest BCUT2D eigenvalue weighted by Crippen LogP contribution is -2.30. The van der Waals surface area contributed by atoms with Crippen molar-refractivity contribution in [1.29, 1.82) is 0 Å². The molecule has 1 rings (SSSR count). The van der Waals surface area contributed by atoms with Crippen molar-refractivity contribution in [2.24, 2.45) is 5.92 Å². The highest BCUT2D eigenvalue weighted by atomic mass is 80.0. The topological polar surface area (TPSA) is 43.4 Å². The highest BCUT2D eigenvalue weighted by Crippen LogP contribution is 2.42. The molecular weight excluding hydrogens is 560 g/mol. The van der Waals surface area contributed by atoms with Gasteiger partial charge in [0.2, 0.25) is 0 Å². The maximum atomic E-state index is 12.8. The van der Waals surface area contributed by atoms with Crippen LogP contribution in [-0.2, 0) is 9.53 Å². The number of ketones is 1. The Bertz CT molecular complexity index is 526. The quantitative estimate of drug-likeness (QED) is 0.233. The molecule has 128 valence electrons. The molecular formula is C16H18Br4O3. The van der Waals surface area contributed by atoms with E-state index in [0.717, 1.165) is 0 Å². The summed E-state index contributed by atoms with van der Waals surface area (Å²) in [5.74, 6) is -0.969. The number of hydrogen-bond acceptors (Lipinski definition) is 3. The summed E-state index contributed by atoms with van der Waals surface area (Å²) in [7, 11) is 0. The molecule has 0 aliphatic heterocycles. The zero-order chi connectivity index (χ0) is 17.6. The van der Waals surface area contributed by atoms with Gasteiger partial charge in [-0.3, -0.25) is 9.59 Å². The highest BCUT2D eigenvalue weighted by Gasteiger charge is 2.34. The molecule has 23 heavy (non-hydrogen) atoms. The van der Waals surface area contributed by atoms with Crippen molar-refractivity contribution in [2.45, 2.75) is 39.8 Å². The van der Waals surface area contributed by atoms with Gasteiger partial charge in [-0.05, 0) is 20.3 Å². The molecule has 0 spiro atoms. The molecule has 0 aromatic heterocycles. The van der Waals surface area contributed by atoms with E-state index < -0.39 is 8.06 Å². The van der Waals surface area contributed by atoms with E-state index in [9.17, 15) is 9.59 Å². The van der Waals surface area contributed by atoms with Gasteiger partial charge in [0.15, 0.2) is 5.78 Å². The van der Waals surface area contributed by atoms with Crippen LogP contribution in [0, 0.1) is 5.92 Å². The molecule has 0 N–H and O–H groups in total. The molecule has 0 heterocycles. The first-order valence-electron chi connectivity index (χ1n) is 7.09. The fourth-order valence-electron chi connectivity index (χ4n) is 2.06. The first-order valence-corrected chi connectivity index (χ1v) is 10.4. The van der Waals surface area contributed by atoms with Gasteiger partial charge in [0.25, 0.3) is 0 Å². The van der Waals surface area contributed by atoms with E-state index in [1.807, 2.05) is 18.2 Å². The van der Waals surface area contributed by atoms with Gasteiger partial charge in [0.1, 0.15) is 2.14 Å². The second kappa shape index (κ2) is 9.68. The van der Waals surface area contributed by atoms with Crippen LogP contribution in [0.5, 0.6) is 0 Å². The molecule has 0 amide bonds. The molecule has 1 aromatic carbocycles. The summed E-state index contributed by atoms with van der Waals surface area (Å²) >= 11 is 13.9. The van der Waals surface area contributed by atoms with Crippen molar-refractivity contribution in [3.05, 3.63) is 35.9 Å². The average Bonchev–Trinajstić information content (AvgIpc) is 2.42. The largest absolute Gasteiger partial charge is 0.463 e. The number of benzene rings is 1. The van der Waals surface area contributed by atoms with Gasteiger partial charge in [0, 0.05) is 16.3 Å². The smallest absolute Gasteiger partial charge is 0.306 e. The Labute approximate surface area is 170 Å². The van der Waals surface area contributed by atoms with Crippen LogP contribution in [0.25, 0.3) is 0 Å².